The Morgan fingerprint density at radius 2 is 2.33 bits per heavy atom. The molecular weight excluding hydrogens is 194 g/mol. The number of furan rings is 1. The van der Waals surface area contributed by atoms with E-state index in [4.69, 9.17) is 9.52 Å². The molecule has 2 unspecified atom stereocenters. The van der Waals surface area contributed by atoms with Crippen LogP contribution >= 0.6 is 0 Å². The minimum absolute atomic E-state index is 0.203. The standard InChI is InChI=1S/C11H19NO3/c1-9(6-10-4-3-5-15-10)12-7-11(2,14)8-13/h3-5,9,12-14H,6-8H2,1-2H3. The van der Waals surface area contributed by atoms with E-state index in [9.17, 15) is 5.11 Å². The molecule has 0 fully saturated rings. The van der Waals surface area contributed by atoms with Gasteiger partial charge in [-0.2, -0.15) is 0 Å². The molecule has 15 heavy (non-hydrogen) atoms. The minimum atomic E-state index is -1.06. The van der Waals surface area contributed by atoms with E-state index in [1.165, 1.54) is 0 Å². The van der Waals surface area contributed by atoms with Gasteiger partial charge in [0, 0.05) is 19.0 Å². The summed E-state index contributed by atoms with van der Waals surface area (Å²) in [5, 5.41) is 21.6. The molecule has 0 amide bonds. The number of hydrogen-bond acceptors (Lipinski definition) is 4. The molecule has 1 rings (SSSR count). The van der Waals surface area contributed by atoms with Crippen molar-refractivity contribution in [1.82, 2.24) is 5.32 Å². The molecule has 3 N–H and O–H groups in total. The Bertz CT molecular complexity index is 269. The van der Waals surface area contributed by atoms with Gasteiger partial charge in [-0.05, 0) is 26.0 Å². The summed E-state index contributed by atoms with van der Waals surface area (Å²) < 4.78 is 5.21. The van der Waals surface area contributed by atoms with Gasteiger partial charge >= 0.3 is 0 Å². The van der Waals surface area contributed by atoms with Gasteiger partial charge in [-0.3, -0.25) is 0 Å². The molecule has 0 aliphatic carbocycles. The number of hydrogen-bond donors (Lipinski definition) is 3. The van der Waals surface area contributed by atoms with Crippen molar-refractivity contribution in [1.29, 1.82) is 0 Å². The van der Waals surface area contributed by atoms with Crippen molar-refractivity contribution in [2.45, 2.75) is 31.9 Å². The van der Waals surface area contributed by atoms with Crippen LogP contribution in [0.4, 0.5) is 0 Å². The van der Waals surface area contributed by atoms with Crippen LogP contribution in [0.15, 0.2) is 22.8 Å². The Balaban J connectivity index is 2.28. The Morgan fingerprint density at radius 3 is 2.87 bits per heavy atom. The lowest BCUT2D eigenvalue weighted by Crippen LogP contribution is -2.44. The normalized spacial score (nSPS) is 17.3. The predicted molar refractivity (Wildman–Crippen MR) is 57.6 cm³/mol. The Kier molecular flexibility index (Phi) is 4.32. The molecule has 1 aromatic rings. The minimum Gasteiger partial charge on any atom is -0.469 e. The summed E-state index contributed by atoms with van der Waals surface area (Å²) >= 11 is 0. The van der Waals surface area contributed by atoms with Crippen LogP contribution in [-0.4, -0.2) is 35.0 Å². The summed E-state index contributed by atoms with van der Waals surface area (Å²) in [6.07, 6.45) is 2.42. The molecule has 0 aliphatic heterocycles. The third-order valence-corrected chi connectivity index (χ3v) is 2.26. The zero-order valence-corrected chi connectivity index (χ0v) is 9.23. The number of nitrogens with one attached hydrogen (secondary N) is 1. The van der Waals surface area contributed by atoms with E-state index in [0.717, 1.165) is 12.2 Å². The summed E-state index contributed by atoms with van der Waals surface area (Å²) in [5.41, 5.74) is -1.06. The molecule has 0 radical (unpaired) electrons. The monoisotopic (exact) mass is 213 g/mol. The second kappa shape index (κ2) is 5.30. The van der Waals surface area contributed by atoms with E-state index in [1.54, 1.807) is 13.2 Å². The third-order valence-electron chi connectivity index (χ3n) is 2.26. The molecule has 0 spiro atoms. The second-order valence-corrected chi connectivity index (χ2v) is 4.22. The molecule has 1 heterocycles. The van der Waals surface area contributed by atoms with Crippen molar-refractivity contribution in [2.75, 3.05) is 13.2 Å². The fourth-order valence-corrected chi connectivity index (χ4v) is 1.25. The van der Waals surface area contributed by atoms with Crippen LogP contribution in [0.3, 0.4) is 0 Å². The van der Waals surface area contributed by atoms with Crippen LogP contribution < -0.4 is 5.32 Å². The maximum Gasteiger partial charge on any atom is 0.105 e. The van der Waals surface area contributed by atoms with Gasteiger partial charge in [0.15, 0.2) is 0 Å². The number of rotatable bonds is 6. The molecule has 2 atom stereocenters. The Morgan fingerprint density at radius 1 is 1.60 bits per heavy atom. The van der Waals surface area contributed by atoms with Crippen molar-refractivity contribution in [3.8, 4) is 0 Å². The zero-order chi connectivity index (χ0) is 11.3. The lowest BCUT2D eigenvalue weighted by molar-refractivity contribution is 0.00102. The number of aliphatic hydroxyl groups is 2. The van der Waals surface area contributed by atoms with Crippen LogP contribution in [0.5, 0.6) is 0 Å². The van der Waals surface area contributed by atoms with Crippen LogP contribution in [0.25, 0.3) is 0 Å². The highest BCUT2D eigenvalue weighted by Crippen LogP contribution is 2.05. The maximum absolute atomic E-state index is 9.56. The molecule has 0 saturated carbocycles. The lowest BCUT2D eigenvalue weighted by atomic mass is 10.1. The van der Waals surface area contributed by atoms with Crippen LogP contribution in [0, 0.1) is 0 Å². The first-order valence-electron chi connectivity index (χ1n) is 5.12. The van der Waals surface area contributed by atoms with Crippen molar-refractivity contribution in [3.05, 3.63) is 24.2 Å². The fraction of sp³-hybridized carbons (Fsp3) is 0.636. The highest BCUT2D eigenvalue weighted by atomic mass is 16.3. The average Bonchev–Trinajstić information content (AvgIpc) is 2.68. The summed E-state index contributed by atoms with van der Waals surface area (Å²) in [7, 11) is 0. The highest BCUT2D eigenvalue weighted by molar-refractivity contribution is 5.00. The van der Waals surface area contributed by atoms with E-state index in [-0.39, 0.29) is 12.6 Å². The largest absolute Gasteiger partial charge is 0.469 e. The average molecular weight is 213 g/mol. The third kappa shape index (κ3) is 4.46. The molecule has 86 valence electrons. The van der Waals surface area contributed by atoms with E-state index < -0.39 is 5.60 Å². The second-order valence-electron chi connectivity index (χ2n) is 4.22. The first kappa shape index (κ1) is 12.2. The predicted octanol–water partition coefficient (Wildman–Crippen LogP) is 0.543. The molecule has 0 saturated heterocycles. The summed E-state index contributed by atoms with van der Waals surface area (Å²) in [6.45, 7) is 3.73. The zero-order valence-electron chi connectivity index (χ0n) is 9.23. The van der Waals surface area contributed by atoms with E-state index in [1.807, 2.05) is 19.1 Å². The van der Waals surface area contributed by atoms with E-state index >= 15 is 0 Å². The van der Waals surface area contributed by atoms with E-state index in [2.05, 4.69) is 5.32 Å². The first-order chi connectivity index (χ1) is 7.03. The molecule has 0 bridgehead atoms. The maximum atomic E-state index is 9.56. The fourth-order valence-electron chi connectivity index (χ4n) is 1.25. The van der Waals surface area contributed by atoms with Gasteiger partial charge < -0.3 is 19.9 Å². The molecule has 0 aromatic carbocycles. The van der Waals surface area contributed by atoms with Gasteiger partial charge in [0.05, 0.1) is 18.5 Å². The highest BCUT2D eigenvalue weighted by Gasteiger charge is 2.19. The molecule has 0 aliphatic rings. The topological polar surface area (TPSA) is 65.6 Å². The molecule has 1 aromatic heterocycles. The van der Waals surface area contributed by atoms with Gasteiger partial charge in [-0.25, -0.2) is 0 Å². The van der Waals surface area contributed by atoms with Crippen molar-refractivity contribution >= 4 is 0 Å². The quantitative estimate of drug-likeness (QED) is 0.645. The van der Waals surface area contributed by atoms with Crippen LogP contribution in [0.1, 0.15) is 19.6 Å². The number of aliphatic hydroxyl groups excluding tert-OH is 1. The van der Waals surface area contributed by atoms with Crippen molar-refractivity contribution in [3.63, 3.8) is 0 Å². The van der Waals surface area contributed by atoms with Crippen LogP contribution in [-0.2, 0) is 6.42 Å². The lowest BCUT2D eigenvalue weighted by Gasteiger charge is -2.23. The molecule has 4 nitrogen and oxygen atoms in total. The van der Waals surface area contributed by atoms with Gasteiger partial charge in [-0.1, -0.05) is 0 Å². The summed E-state index contributed by atoms with van der Waals surface area (Å²) in [4.78, 5) is 0. The Hall–Kier alpha value is -0.840. The van der Waals surface area contributed by atoms with E-state index in [0.29, 0.717) is 6.54 Å². The first-order valence-corrected chi connectivity index (χ1v) is 5.12. The molecular formula is C11H19NO3. The van der Waals surface area contributed by atoms with Gasteiger partial charge in [0.1, 0.15) is 5.76 Å². The van der Waals surface area contributed by atoms with Gasteiger partial charge in [-0.15, -0.1) is 0 Å². The van der Waals surface area contributed by atoms with Gasteiger partial charge in [0.25, 0.3) is 0 Å². The summed E-state index contributed by atoms with van der Waals surface area (Å²) in [5.74, 6) is 0.915. The van der Waals surface area contributed by atoms with Crippen molar-refractivity contribution < 1.29 is 14.6 Å². The Labute approximate surface area is 89.9 Å². The van der Waals surface area contributed by atoms with Crippen LogP contribution in [0.2, 0.25) is 0 Å². The smallest absolute Gasteiger partial charge is 0.105 e. The van der Waals surface area contributed by atoms with Crippen molar-refractivity contribution in [2.24, 2.45) is 0 Å². The molecule has 4 heteroatoms. The van der Waals surface area contributed by atoms with Gasteiger partial charge in [0.2, 0.25) is 0 Å². The summed E-state index contributed by atoms with van der Waals surface area (Å²) in [6, 6.07) is 3.98. The SMILES string of the molecule is CC(Cc1ccco1)NCC(C)(O)CO.